The number of amides is 2. The Morgan fingerprint density at radius 2 is 1.64 bits per heavy atom. The van der Waals surface area contributed by atoms with Gasteiger partial charge in [0.2, 0.25) is 0 Å². The van der Waals surface area contributed by atoms with Gasteiger partial charge in [-0.05, 0) is 19.3 Å². The monoisotopic (exact) mass is 186 g/mol. The summed E-state index contributed by atoms with van der Waals surface area (Å²) in [6.07, 6.45) is 3.47. The van der Waals surface area contributed by atoms with Crippen molar-refractivity contribution in [1.82, 2.24) is 4.90 Å². The number of likely N-dealkylation sites (tertiary alicyclic amines) is 1. The number of nitrogens with zero attached hydrogens (tertiary/aromatic N) is 1. The molecule has 0 aromatic rings. The van der Waals surface area contributed by atoms with E-state index in [4.69, 9.17) is 5.73 Å². The molecule has 0 unspecified atom stereocenters. The second-order valence-electron chi connectivity index (χ2n) is 2.39. The third-order valence-corrected chi connectivity index (χ3v) is 1.67. The van der Waals surface area contributed by atoms with Crippen molar-refractivity contribution in [2.75, 3.05) is 13.1 Å². The van der Waals surface area contributed by atoms with Crippen molar-refractivity contribution in [2.24, 2.45) is 5.73 Å². The molecule has 2 amide bonds. The second-order valence-corrected chi connectivity index (χ2v) is 2.39. The van der Waals surface area contributed by atoms with E-state index in [0.29, 0.717) is 0 Å². The average molecular weight is 186 g/mol. The number of hydrogen-bond donors (Lipinski definition) is 1. The van der Waals surface area contributed by atoms with Crippen LogP contribution in [0.5, 0.6) is 0 Å². The summed E-state index contributed by atoms with van der Waals surface area (Å²) < 4.78 is 0. The molecular weight excluding hydrogens is 171 g/mol. The van der Waals surface area contributed by atoms with Gasteiger partial charge in [-0.3, -0.25) is 0 Å². The van der Waals surface area contributed by atoms with Crippen LogP contribution in [-0.2, 0) is 0 Å². The molecule has 1 fully saturated rings. The number of urea groups is 1. The molecule has 5 heteroatoms. The minimum absolute atomic E-state index is 0. The van der Waals surface area contributed by atoms with Crippen LogP contribution >= 0.6 is 0 Å². The summed E-state index contributed by atoms with van der Waals surface area (Å²) in [5, 5.41) is 0. The summed E-state index contributed by atoms with van der Waals surface area (Å²) in [6.45, 7) is 1.71. The van der Waals surface area contributed by atoms with E-state index in [9.17, 15) is 4.79 Å². The van der Waals surface area contributed by atoms with Gasteiger partial charge in [-0.15, -0.1) is 0 Å². The molecule has 4 nitrogen and oxygen atoms in total. The standard InChI is InChI=1S/C6H12N2O.K.H2O.H/c7-6(9)8-4-2-1-3-5-8;;;/h1-5H2,(H2,7,9);;1H2;. The van der Waals surface area contributed by atoms with Gasteiger partial charge in [0.1, 0.15) is 0 Å². The molecule has 0 spiro atoms. The van der Waals surface area contributed by atoms with Crippen LogP contribution in [0.15, 0.2) is 0 Å². The topological polar surface area (TPSA) is 77.8 Å². The van der Waals surface area contributed by atoms with Gasteiger partial charge in [-0.1, -0.05) is 0 Å². The predicted molar refractivity (Wildman–Crippen MR) is 45.8 cm³/mol. The first-order valence-corrected chi connectivity index (χ1v) is 3.35. The van der Waals surface area contributed by atoms with Gasteiger partial charge in [0.25, 0.3) is 0 Å². The molecule has 1 aliphatic rings. The Bertz CT molecular complexity index is 115. The van der Waals surface area contributed by atoms with E-state index in [1.165, 1.54) is 6.42 Å². The SMILES string of the molecule is NC(=O)N1CCCCC1.O.[KH]. The van der Waals surface area contributed by atoms with Crippen LogP contribution in [0, 0.1) is 0 Å². The first-order chi connectivity index (χ1) is 4.30. The molecule has 0 aliphatic carbocycles. The van der Waals surface area contributed by atoms with Crippen molar-refractivity contribution in [3.8, 4) is 0 Å². The van der Waals surface area contributed by atoms with Crippen LogP contribution in [-0.4, -0.2) is 80.9 Å². The maximum atomic E-state index is 10.5. The van der Waals surface area contributed by atoms with E-state index >= 15 is 0 Å². The average Bonchev–Trinajstić information content (AvgIpc) is 1.90. The van der Waals surface area contributed by atoms with E-state index in [0.717, 1.165) is 25.9 Å². The Morgan fingerprint density at radius 3 is 1.91 bits per heavy atom. The van der Waals surface area contributed by atoms with Gasteiger partial charge in [0.15, 0.2) is 0 Å². The Balaban J connectivity index is 0. The Labute approximate surface area is 109 Å². The van der Waals surface area contributed by atoms with E-state index < -0.39 is 0 Å². The van der Waals surface area contributed by atoms with Crippen molar-refractivity contribution < 1.29 is 10.3 Å². The van der Waals surface area contributed by atoms with Gasteiger partial charge in [-0.25, -0.2) is 4.79 Å². The van der Waals surface area contributed by atoms with E-state index in [2.05, 4.69) is 0 Å². The zero-order valence-corrected chi connectivity index (χ0v) is 5.97. The third kappa shape index (κ3) is 5.16. The maximum absolute atomic E-state index is 10.5. The number of carbonyl (C=O) groups is 1. The number of rotatable bonds is 0. The van der Waals surface area contributed by atoms with E-state index in [1.54, 1.807) is 4.90 Å². The van der Waals surface area contributed by atoms with Crippen LogP contribution in [0.2, 0.25) is 0 Å². The van der Waals surface area contributed by atoms with E-state index in [1.807, 2.05) is 0 Å². The first-order valence-electron chi connectivity index (χ1n) is 3.35. The third-order valence-electron chi connectivity index (χ3n) is 1.67. The quantitative estimate of drug-likeness (QED) is 0.488. The Hall–Kier alpha value is 0.866. The zero-order valence-electron chi connectivity index (χ0n) is 5.97. The summed E-state index contributed by atoms with van der Waals surface area (Å²) in [7, 11) is 0. The number of carbonyl (C=O) groups excluding carboxylic acids is 1. The number of piperidine rings is 1. The molecule has 0 aromatic carbocycles. The number of hydrogen-bond acceptors (Lipinski definition) is 1. The van der Waals surface area contributed by atoms with Crippen molar-refractivity contribution in [3.63, 3.8) is 0 Å². The zero-order chi connectivity index (χ0) is 6.69. The summed E-state index contributed by atoms with van der Waals surface area (Å²) in [5.74, 6) is 0. The van der Waals surface area contributed by atoms with Gasteiger partial charge in [-0.2, -0.15) is 0 Å². The van der Waals surface area contributed by atoms with Gasteiger partial charge in [0.05, 0.1) is 0 Å². The molecule has 1 aliphatic heterocycles. The Kier molecular flexibility index (Phi) is 9.83. The molecule has 1 rings (SSSR count). The number of nitrogens with two attached hydrogens (primary N) is 1. The molecule has 0 bridgehead atoms. The predicted octanol–water partition coefficient (Wildman–Crippen LogP) is -0.922. The van der Waals surface area contributed by atoms with Crippen molar-refractivity contribution in [2.45, 2.75) is 19.3 Å². The van der Waals surface area contributed by atoms with Crippen LogP contribution in [0.1, 0.15) is 19.3 Å². The summed E-state index contributed by atoms with van der Waals surface area (Å²) in [5.41, 5.74) is 5.05. The first kappa shape index (κ1) is 14.4. The van der Waals surface area contributed by atoms with Crippen molar-refractivity contribution in [1.29, 1.82) is 0 Å². The van der Waals surface area contributed by atoms with E-state index in [-0.39, 0.29) is 62.9 Å². The summed E-state index contributed by atoms with van der Waals surface area (Å²) in [6, 6.07) is -0.269. The van der Waals surface area contributed by atoms with Crippen LogP contribution in [0.3, 0.4) is 0 Å². The fourth-order valence-corrected chi connectivity index (χ4v) is 1.11. The summed E-state index contributed by atoms with van der Waals surface area (Å²) >= 11 is 0. The molecule has 0 radical (unpaired) electrons. The van der Waals surface area contributed by atoms with Crippen molar-refractivity contribution >= 4 is 57.4 Å². The molecule has 1 saturated heterocycles. The molecule has 1 heterocycles. The van der Waals surface area contributed by atoms with Crippen LogP contribution in [0.4, 0.5) is 4.79 Å². The molecule has 11 heavy (non-hydrogen) atoms. The molecule has 0 saturated carbocycles. The van der Waals surface area contributed by atoms with Gasteiger partial charge in [0, 0.05) is 13.1 Å². The normalized spacial score (nSPS) is 16.2. The molecule has 62 valence electrons. The molecule has 4 N–H and O–H groups in total. The van der Waals surface area contributed by atoms with Crippen LogP contribution < -0.4 is 5.73 Å². The molecule has 0 atom stereocenters. The number of primary amides is 1. The minimum atomic E-state index is -0.269. The van der Waals surface area contributed by atoms with Crippen LogP contribution in [0.25, 0.3) is 0 Å². The summed E-state index contributed by atoms with van der Waals surface area (Å²) in [4.78, 5) is 12.2. The van der Waals surface area contributed by atoms with Gasteiger partial charge < -0.3 is 16.1 Å². The fourth-order valence-electron chi connectivity index (χ4n) is 1.11. The Morgan fingerprint density at radius 1 is 1.18 bits per heavy atom. The second kappa shape index (κ2) is 7.51. The van der Waals surface area contributed by atoms with Gasteiger partial charge >= 0.3 is 57.4 Å². The van der Waals surface area contributed by atoms with Crippen molar-refractivity contribution in [3.05, 3.63) is 0 Å². The molecular formula is C6H15KN2O2. The molecule has 0 aromatic heterocycles. The fraction of sp³-hybridized carbons (Fsp3) is 0.833.